The second-order valence-corrected chi connectivity index (χ2v) is 8.25. The molecule has 2 heterocycles. The van der Waals surface area contributed by atoms with Gasteiger partial charge in [-0.05, 0) is 50.4 Å². The highest BCUT2D eigenvalue weighted by Gasteiger charge is 2.32. The zero-order valence-corrected chi connectivity index (χ0v) is 16.8. The molecule has 3 rings (SSSR count). The van der Waals surface area contributed by atoms with Crippen LogP contribution in [0.5, 0.6) is 0 Å². The lowest BCUT2D eigenvalue weighted by molar-refractivity contribution is -0.131. The standard InChI is InChI=1S/C21H33N5O2/c1-26-11-5-8-18(26)21(28)25-17(12-15-6-3-2-4-7-15)20(27)24-14-16-9-10-19(22)23-13-16/h9-10,13,15,17-18H,2-8,11-12,14H2,1H3,(H2,22,23)(H,24,27)(H,25,28)/t17-,18-/m0/s1. The van der Waals surface area contributed by atoms with E-state index in [1.54, 1.807) is 12.3 Å². The molecule has 0 aromatic carbocycles. The van der Waals surface area contributed by atoms with E-state index < -0.39 is 6.04 Å². The van der Waals surface area contributed by atoms with Crippen molar-refractivity contribution in [1.29, 1.82) is 0 Å². The van der Waals surface area contributed by atoms with Crippen molar-refractivity contribution in [2.45, 2.75) is 70.0 Å². The van der Waals surface area contributed by atoms with Gasteiger partial charge in [0.1, 0.15) is 11.9 Å². The van der Waals surface area contributed by atoms with Gasteiger partial charge in [-0.25, -0.2) is 4.98 Å². The van der Waals surface area contributed by atoms with Crippen molar-refractivity contribution < 1.29 is 9.59 Å². The van der Waals surface area contributed by atoms with Crippen molar-refractivity contribution in [3.8, 4) is 0 Å². The first kappa shape index (κ1) is 20.6. The molecule has 0 unspecified atom stereocenters. The Bertz CT molecular complexity index is 657. The second-order valence-electron chi connectivity index (χ2n) is 8.25. The smallest absolute Gasteiger partial charge is 0.242 e. The molecule has 2 amide bonds. The topological polar surface area (TPSA) is 100 Å². The lowest BCUT2D eigenvalue weighted by atomic mass is 9.84. The Morgan fingerprint density at radius 1 is 1.21 bits per heavy atom. The Labute approximate surface area is 167 Å². The van der Waals surface area contributed by atoms with E-state index >= 15 is 0 Å². The summed E-state index contributed by atoms with van der Waals surface area (Å²) in [6.45, 7) is 1.31. The third-order valence-corrected chi connectivity index (χ3v) is 6.06. The molecule has 1 aromatic heterocycles. The number of pyridine rings is 1. The highest BCUT2D eigenvalue weighted by Crippen LogP contribution is 2.27. The number of hydrogen-bond donors (Lipinski definition) is 3. The molecule has 154 valence electrons. The fourth-order valence-electron chi connectivity index (χ4n) is 4.35. The molecule has 1 aromatic rings. The summed E-state index contributed by atoms with van der Waals surface area (Å²) in [5.74, 6) is 0.823. The Morgan fingerprint density at radius 2 is 2.00 bits per heavy atom. The van der Waals surface area contributed by atoms with Crippen LogP contribution in [0.1, 0.15) is 56.9 Å². The van der Waals surface area contributed by atoms with E-state index in [4.69, 9.17) is 5.73 Å². The zero-order valence-electron chi connectivity index (χ0n) is 16.8. The van der Waals surface area contributed by atoms with E-state index in [0.29, 0.717) is 24.7 Å². The van der Waals surface area contributed by atoms with Crippen LogP contribution in [-0.2, 0) is 16.1 Å². The minimum absolute atomic E-state index is 0.0230. The lowest BCUT2D eigenvalue weighted by Gasteiger charge is -2.28. The SMILES string of the molecule is CN1CCC[C@H]1C(=O)N[C@@H](CC1CCCCC1)C(=O)NCc1ccc(N)nc1. The number of nitrogens with one attached hydrogen (secondary N) is 2. The monoisotopic (exact) mass is 387 g/mol. The van der Waals surface area contributed by atoms with Crippen molar-refractivity contribution in [3.05, 3.63) is 23.9 Å². The predicted octanol–water partition coefficient (Wildman–Crippen LogP) is 1.83. The average Bonchev–Trinajstić information content (AvgIpc) is 3.13. The van der Waals surface area contributed by atoms with Crippen LogP contribution < -0.4 is 16.4 Å². The van der Waals surface area contributed by atoms with Crippen LogP contribution in [0.3, 0.4) is 0 Å². The molecule has 0 spiro atoms. The van der Waals surface area contributed by atoms with E-state index in [0.717, 1.165) is 37.8 Å². The quantitative estimate of drug-likeness (QED) is 0.663. The van der Waals surface area contributed by atoms with Gasteiger partial charge in [0.15, 0.2) is 0 Å². The maximum absolute atomic E-state index is 12.9. The van der Waals surface area contributed by atoms with E-state index in [2.05, 4.69) is 20.5 Å². The van der Waals surface area contributed by atoms with Crippen molar-refractivity contribution in [3.63, 3.8) is 0 Å². The van der Waals surface area contributed by atoms with Crippen molar-refractivity contribution in [1.82, 2.24) is 20.5 Å². The summed E-state index contributed by atoms with van der Waals surface area (Å²) in [5.41, 5.74) is 6.50. The highest BCUT2D eigenvalue weighted by atomic mass is 16.2. The van der Waals surface area contributed by atoms with Gasteiger partial charge >= 0.3 is 0 Å². The van der Waals surface area contributed by atoms with Crippen LogP contribution in [-0.4, -0.2) is 47.4 Å². The van der Waals surface area contributed by atoms with Gasteiger partial charge in [-0.2, -0.15) is 0 Å². The maximum Gasteiger partial charge on any atom is 0.242 e. The predicted molar refractivity (Wildman–Crippen MR) is 109 cm³/mol. The van der Waals surface area contributed by atoms with Crippen molar-refractivity contribution in [2.75, 3.05) is 19.3 Å². The third-order valence-electron chi connectivity index (χ3n) is 6.06. The molecular weight excluding hydrogens is 354 g/mol. The summed E-state index contributed by atoms with van der Waals surface area (Å²) >= 11 is 0. The summed E-state index contributed by atoms with van der Waals surface area (Å²) in [6, 6.07) is 2.97. The minimum atomic E-state index is -0.480. The number of likely N-dealkylation sites (N-methyl/N-ethyl adjacent to an activating group) is 1. The third kappa shape index (κ3) is 5.67. The highest BCUT2D eigenvalue weighted by molar-refractivity contribution is 5.89. The fraction of sp³-hybridized carbons (Fsp3) is 0.667. The largest absolute Gasteiger partial charge is 0.384 e. The number of carbonyl (C=O) groups is 2. The number of nitrogen functional groups attached to an aromatic ring is 1. The van der Waals surface area contributed by atoms with E-state index in [1.807, 2.05) is 13.1 Å². The van der Waals surface area contributed by atoms with Gasteiger partial charge in [0.2, 0.25) is 11.8 Å². The number of nitrogens with two attached hydrogens (primary N) is 1. The Kier molecular flexibility index (Phi) is 7.25. The number of hydrogen-bond acceptors (Lipinski definition) is 5. The Hall–Kier alpha value is -2.15. The number of likely N-dealkylation sites (tertiary alicyclic amines) is 1. The molecule has 1 saturated carbocycles. The number of nitrogens with zero attached hydrogens (tertiary/aromatic N) is 2. The van der Waals surface area contributed by atoms with Gasteiger partial charge in [0, 0.05) is 12.7 Å². The van der Waals surface area contributed by atoms with Gasteiger partial charge in [0.25, 0.3) is 0 Å². The molecule has 28 heavy (non-hydrogen) atoms. The number of aromatic nitrogens is 1. The van der Waals surface area contributed by atoms with Crippen LogP contribution in [0, 0.1) is 5.92 Å². The molecular formula is C21H33N5O2. The van der Waals surface area contributed by atoms with Crippen LogP contribution in [0.25, 0.3) is 0 Å². The molecule has 7 nitrogen and oxygen atoms in total. The average molecular weight is 388 g/mol. The van der Waals surface area contributed by atoms with Gasteiger partial charge in [-0.3, -0.25) is 14.5 Å². The Balaban J connectivity index is 1.60. The van der Waals surface area contributed by atoms with E-state index in [-0.39, 0.29) is 17.9 Å². The number of carbonyl (C=O) groups excluding carboxylic acids is 2. The molecule has 0 bridgehead atoms. The van der Waals surface area contributed by atoms with Crippen molar-refractivity contribution >= 4 is 17.6 Å². The fourth-order valence-corrected chi connectivity index (χ4v) is 4.35. The molecule has 4 N–H and O–H groups in total. The molecule has 2 fully saturated rings. The molecule has 2 aliphatic rings. The van der Waals surface area contributed by atoms with Gasteiger partial charge in [0.05, 0.1) is 6.04 Å². The molecule has 1 aliphatic carbocycles. The zero-order chi connectivity index (χ0) is 19.9. The number of amides is 2. The first-order chi connectivity index (χ1) is 13.5. The summed E-state index contributed by atoms with van der Waals surface area (Å²) < 4.78 is 0. The normalized spacial score (nSPS) is 22.0. The van der Waals surface area contributed by atoms with Crippen molar-refractivity contribution in [2.24, 2.45) is 5.92 Å². The minimum Gasteiger partial charge on any atom is -0.384 e. The molecule has 0 radical (unpaired) electrons. The molecule has 2 atom stereocenters. The summed E-state index contributed by atoms with van der Waals surface area (Å²) in [5, 5.41) is 6.02. The van der Waals surface area contributed by atoms with Crippen LogP contribution in [0.2, 0.25) is 0 Å². The molecule has 7 heteroatoms. The van der Waals surface area contributed by atoms with Crippen LogP contribution >= 0.6 is 0 Å². The maximum atomic E-state index is 12.9. The van der Waals surface area contributed by atoms with Crippen LogP contribution in [0.4, 0.5) is 5.82 Å². The van der Waals surface area contributed by atoms with E-state index in [9.17, 15) is 9.59 Å². The van der Waals surface area contributed by atoms with Gasteiger partial charge in [-0.15, -0.1) is 0 Å². The summed E-state index contributed by atoms with van der Waals surface area (Å²) in [4.78, 5) is 31.8. The summed E-state index contributed by atoms with van der Waals surface area (Å²) in [6.07, 6.45) is 10.3. The van der Waals surface area contributed by atoms with Gasteiger partial charge < -0.3 is 16.4 Å². The van der Waals surface area contributed by atoms with E-state index in [1.165, 1.54) is 19.3 Å². The molecule has 1 aliphatic heterocycles. The number of rotatable bonds is 7. The molecule has 1 saturated heterocycles. The lowest BCUT2D eigenvalue weighted by Crippen LogP contribution is -2.52. The van der Waals surface area contributed by atoms with Crippen LogP contribution in [0.15, 0.2) is 18.3 Å². The number of anilines is 1. The van der Waals surface area contributed by atoms with Gasteiger partial charge in [-0.1, -0.05) is 38.2 Å². The summed E-state index contributed by atoms with van der Waals surface area (Å²) in [7, 11) is 1.97. The second kappa shape index (κ2) is 9.87. The first-order valence-electron chi connectivity index (χ1n) is 10.5. The first-order valence-corrected chi connectivity index (χ1v) is 10.5. The Morgan fingerprint density at radius 3 is 2.64 bits per heavy atom.